The molecule has 1 heterocycles. The summed E-state index contributed by atoms with van der Waals surface area (Å²) >= 11 is 7.53. The van der Waals surface area contributed by atoms with Gasteiger partial charge in [-0.15, -0.1) is 11.3 Å². The highest BCUT2D eigenvalue weighted by Gasteiger charge is 2.50. The monoisotopic (exact) mass is 481 g/mol. The third kappa shape index (κ3) is 4.28. The molecule has 2 aromatic carbocycles. The predicted molar refractivity (Wildman–Crippen MR) is 119 cm³/mol. The first-order chi connectivity index (χ1) is 14.7. The summed E-state index contributed by atoms with van der Waals surface area (Å²) in [5.74, 6) is -1.11. The summed E-state index contributed by atoms with van der Waals surface area (Å²) in [7, 11) is -4.00. The molecule has 4 rings (SSSR count). The summed E-state index contributed by atoms with van der Waals surface area (Å²) in [6.45, 7) is 1.94. The van der Waals surface area contributed by atoms with E-state index in [1.807, 2.05) is 12.3 Å². The minimum atomic E-state index is -4.00. The number of benzene rings is 2. The zero-order valence-electron chi connectivity index (χ0n) is 16.9. The van der Waals surface area contributed by atoms with Crippen molar-refractivity contribution in [3.8, 4) is 0 Å². The molecule has 3 nitrogen and oxygen atoms in total. The molecular formula is C23H22ClF2NO2S2. The number of aromatic nitrogens is 1. The number of halogens is 3. The summed E-state index contributed by atoms with van der Waals surface area (Å²) in [4.78, 5) is 4.57. The van der Waals surface area contributed by atoms with Crippen LogP contribution in [0.4, 0.5) is 8.78 Å². The Morgan fingerprint density at radius 3 is 2.42 bits per heavy atom. The number of thiazole rings is 1. The van der Waals surface area contributed by atoms with Gasteiger partial charge in [0.1, 0.15) is 16.4 Å². The molecule has 1 fully saturated rings. The van der Waals surface area contributed by atoms with Crippen LogP contribution in [0.5, 0.6) is 0 Å². The molecule has 0 amide bonds. The van der Waals surface area contributed by atoms with Gasteiger partial charge >= 0.3 is 0 Å². The molecule has 0 aliphatic heterocycles. The molecule has 31 heavy (non-hydrogen) atoms. The van der Waals surface area contributed by atoms with E-state index < -0.39 is 26.2 Å². The molecular weight excluding hydrogens is 460 g/mol. The topological polar surface area (TPSA) is 47.0 Å². The van der Waals surface area contributed by atoms with E-state index in [1.165, 1.54) is 24.3 Å². The quantitative estimate of drug-likeness (QED) is 0.418. The van der Waals surface area contributed by atoms with E-state index in [-0.39, 0.29) is 29.2 Å². The lowest BCUT2D eigenvalue weighted by molar-refractivity contribution is 0.285. The maximum Gasteiger partial charge on any atom is 0.188 e. The molecule has 0 saturated heterocycles. The molecule has 1 aliphatic rings. The normalized spacial score (nSPS) is 21.9. The van der Waals surface area contributed by atoms with Crippen LogP contribution < -0.4 is 0 Å². The molecule has 3 aromatic rings. The van der Waals surface area contributed by atoms with Gasteiger partial charge in [-0.1, -0.05) is 11.6 Å². The second-order valence-electron chi connectivity index (χ2n) is 8.11. The zero-order valence-corrected chi connectivity index (χ0v) is 19.3. The molecule has 0 unspecified atom stereocenters. The van der Waals surface area contributed by atoms with Gasteiger partial charge in [0.05, 0.1) is 9.90 Å². The molecule has 1 saturated carbocycles. The Labute approximate surface area is 190 Å². The Kier molecular flexibility index (Phi) is 6.21. The minimum Gasteiger partial charge on any atom is -0.247 e. The van der Waals surface area contributed by atoms with Crippen LogP contribution in [-0.4, -0.2) is 13.4 Å². The van der Waals surface area contributed by atoms with Crippen molar-refractivity contribution in [2.75, 3.05) is 0 Å². The lowest BCUT2D eigenvalue weighted by Crippen LogP contribution is -2.41. The van der Waals surface area contributed by atoms with Crippen LogP contribution >= 0.6 is 22.9 Å². The summed E-state index contributed by atoms with van der Waals surface area (Å²) in [5, 5.41) is 3.43. The van der Waals surface area contributed by atoms with E-state index in [1.54, 1.807) is 11.3 Å². The van der Waals surface area contributed by atoms with Crippen molar-refractivity contribution >= 4 is 32.8 Å². The summed E-state index contributed by atoms with van der Waals surface area (Å²) in [6, 6.07) is 8.92. The van der Waals surface area contributed by atoms with E-state index >= 15 is 0 Å². The molecule has 0 bridgehead atoms. The standard InChI is InChI=1S/C23H22ClF2NO2S2/c1-15-14-30-22(27-15)12-16-8-10-23(11-9-16,20-13-18(25)4-7-21(20)26)31(28,29)19-5-2-17(24)3-6-19/h2-7,13-14,16H,8-12H2,1H3. The number of rotatable bonds is 5. The molecule has 1 aliphatic carbocycles. The van der Waals surface area contributed by atoms with E-state index in [0.29, 0.717) is 17.9 Å². The fourth-order valence-electron chi connectivity index (χ4n) is 4.46. The maximum absolute atomic E-state index is 14.9. The van der Waals surface area contributed by atoms with E-state index in [9.17, 15) is 17.2 Å². The Morgan fingerprint density at radius 1 is 1.13 bits per heavy atom. The second-order valence-corrected chi connectivity index (χ2v) is 11.7. The van der Waals surface area contributed by atoms with Crippen LogP contribution in [0.25, 0.3) is 0 Å². The first kappa shape index (κ1) is 22.4. The van der Waals surface area contributed by atoms with Gasteiger partial charge in [-0.25, -0.2) is 22.2 Å². The van der Waals surface area contributed by atoms with Crippen LogP contribution in [0, 0.1) is 24.5 Å². The van der Waals surface area contributed by atoms with Crippen molar-refractivity contribution in [2.24, 2.45) is 5.92 Å². The number of sulfone groups is 1. The fourth-order valence-corrected chi connectivity index (χ4v) is 7.64. The second kappa shape index (κ2) is 8.60. The van der Waals surface area contributed by atoms with Gasteiger partial charge in [-0.05, 0) is 81.0 Å². The maximum atomic E-state index is 14.9. The molecule has 1 aromatic heterocycles. The molecule has 0 atom stereocenters. The number of aryl methyl sites for hydroxylation is 1. The fraction of sp³-hybridized carbons (Fsp3) is 0.348. The zero-order chi connectivity index (χ0) is 22.2. The van der Waals surface area contributed by atoms with Crippen LogP contribution in [0.1, 0.15) is 41.9 Å². The van der Waals surface area contributed by atoms with Gasteiger partial charge in [0.25, 0.3) is 0 Å². The Bertz CT molecular complexity index is 1180. The van der Waals surface area contributed by atoms with Crippen LogP contribution in [0.15, 0.2) is 52.7 Å². The summed E-state index contributed by atoms with van der Waals surface area (Å²) < 4.78 is 55.1. The van der Waals surface area contributed by atoms with Gasteiger partial charge in [-0.2, -0.15) is 0 Å². The average molecular weight is 482 g/mol. The largest absolute Gasteiger partial charge is 0.247 e. The summed E-state index contributed by atoms with van der Waals surface area (Å²) in [5.41, 5.74) is 0.878. The lowest BCUT2D eigenvalue weighted by Gasteiger charge is -2.40. The molecule has 0 spiro atoms. The molecule has 0 radical (unpaired) electrons. The van der Waals surface area contributed by atoms with Gasteiger partial charge in [0, 0.05) is 28.1 Å². The van der Waals surface area contributed by atoms with Gasteiger partial charge < -0.3 is 0 Å². The third-order valence-electron chi connectivity index (χ3n) is 6.10. The van der Waals surface area contributed by atoms with Crippen molar-refractivity contribution in [3.63, 3.8) is 0 Å². The molecule has 8 heteroatoms. The molecule has 0 N–H and O–H groups in total. The minimum absolute atomic E-state index is 0.0644. The van der Waals surface area contributed by atoms with Crippen molar-refractivity contribution < 1.29 is 17.2 Å². The van der Waals surface area contributed by atoms with E-state index in [0.717, 1.165) is 35.3 Å². The molecule has 164 valence electrons. The predicted octanol–water partition coefficient (Wildman–Crippen LogP) is 6.49. The highest BCUT2D eigenvalue weighted by molar-refractivity contribution is 7.92. The Hall–Kier alpha value is -1.83. The first-order valence-corrected chi connectivity index (χ1v) is 12.8. The van der Waals surface area contributed by atoms with Crippen LogP contribution in [0.2, 0.25) is 5.02 Å². The SMILES string of the molecule is Cc1csc(CC2CCC(c3cc(F)ccc3F)(S(=O)(=O)c3ccc(Cl)cc3)CC2)n1. The highest BCUT2D eigenvalue weighted by Crippen LogP contribution is 2.49. The average Bonchev–Trinajstić information content (AvgIpc) is 3.15. The summed E-state index contributed by atoms with van der Waals surface area (Å²) in [6.07, 6.45) is 2.37. The van der Waals surface area contributed by atoms with Gasteiger partial charge in [-0.3, -0.25) is 0 Å². The van der Waals surface area contributed by atoms with E-state index in [4.69, 9.17) is 11.6 Å². The van der Waals surface area contributed by atoms with Crippen molar-refractivity contribution in [3.05, 3.63) is 80.8 Å². The Morgan fingerprint density at radius 2 is 1.81 bits per heavy atom. The number of hydrogen-bond acceptors (Lipinski definition) is 4. The Balaban J connectivity index is 1.73. The number of hydrogen-bond donors (Lipinski definition) is 0. The van der Waals surface area contributed by atoms with Gasteiger partial charge in [0.15, 0.2) is 9.84 Å². The number of nitrogens with zero attached hydrogens (tertiary/aromatic N) is 1. The van der Waals surface area contributed by atoms with Gasteiger partial charge in [0.2, 0.25) is 0 Å². The third-order valence-corrected chi connectivity index (χ3v) is 9.89. The van der Waals surface area contributed by atoms with Crippen LogP contribution in [0.3, 0.4) is 0 Å². The highest BCUT2D eigenvalue weighted by atomic mass is 35.5. The van der Waals surface area contributed by atoms with Crippen molar-refractivity contribution in [1.82, 2.24) is 4.98 Å². The van der Waals surface area contributed by atoms with Crippen LogP contribution in [-0.2, 0) is 21.0 Å². The van der Waals surface area contributed by atoms with Crippen molar-refractivity contribution in [1.29, 1.82) is 0 Å². The van der Waals surface area contributed by atoms with E-state index in [2.05, 4.69) is 4.98 Å². The first-order valence-electron chi connectivity index (χ1n) is 10.1. The lowest BCUT2D eigenvalue weighted by atomic mass is 9.76. The van der Waals surface area contributed by atoms with Crippen molar-refractivity contribution in [2.45, 2.75) is 48.7 Å². The smallest absolute Gasteiger partial charge is 0.188 e.